The molecule has 0 aliphatic carbocycles. The lowest BCUT2D eigenvalue weighted by molar-refractivity contribution is 0.673. The van der Waals surface area contributed by atoms with Crippen LogP contribution in [0.1, 0.15) is 0 Å². The molecule has 5 nitrogen and oxygen atoms in total. The predicted molar refractivity (Wildman–Crippen MR) is 211 cm³/mol. The summed E-state index contributed by atoms with van der Waals surface area (Å²) in [4.78, 5) is 15.4. The van der Waals surface area contributed by atoms with E-state index >= 15 is 0 Å². The van der Waals surface area contributed by atoms with Crippen LogP contribution in [-0.2, 0) is 0 Å². The Morgan fingerprint density at radius 2 is 1.04 bits per heavy atom. The summed E-state index contributed by atoms with van der Waals surface area (Å²) >= 11 is 1.75. The molecule has 11 rings (SSSR count). The van der Waals surface area contributed by atoms with E-state index in [0.717, 1.165) is 75.5 Å². The van der Waals surface area contributed by atoms with Crippen molar-refractivity contribution in [1.82, 2.24) is 19.5 Å². The summed E-state index contributed by atoms with van der Waals surface area (Å²) < 4.78 is 11.3. The minimum Gasteiger partial charge on any atom is -0.455 e. The first-order chi connectivity index (χ1) is 25.3. The molecule has 0 spiro atoms. The van der Waals surface area contributed by atoms with Crippen molar-refractivity contribution >= 4 is 75.3 Å². The molecule has 0 saturated carbocycles. The highest BCUT2D eigenvalue weighted by Crippen LogP contribution is 2.46. The zero-order valence-corrected chi connectivity index (χ0v) is 27.9. The first-order valence-electron chi connectivity index (χ1n) is 16.9. The number of hydrogen-bond donors (Lipinski definition) is 0. The van der Waals surface area contributed by atoms with E-state index in [-0.39, 0.29) is 0 Å². The lowest BCUT2D eigenvalue weighted by atomic mass is 10.0. The van der Waals surface area contributed by atoms with E-state index in [4.69, 9.17) is 19.4 Å². The predicted octanol–water partition coefficient (Wildman–Crippen LogP) is 12.2. The molecule has 0 atom stereocenters. The van der Waals surface area contributed by atoms with E-state index in [2.05, 4.69) is 114 Å². The number of fused-ring (bicyclic) bond motifs is 10. The molecule has 0 saturated heterocycles. The van der Waals surface area contributed by atoms with Crippen molar-refractivity contribution in [3.05, 3.63) is 158 Å². The summed E-state index contributed by atoms with van der Waals surface area (Å²) in [6.45, 7) is 0. The standard InChI is InChI=1S/C45H26N4OS/c1-3-13-27(14-4-1)43-46-44(28-15-5-2-6-16-28)48-45(47-43)35-26-29(49-36-20-10-7-17-30(36)31-18-8-11-21-37(31)49)25-34-40-39(51-42(34)35)24-23-33-32-19-9-12-22-38(32)50-41(33)40/h1-26H. The van der Waals surface area contributed by atoms with Crippen molar-refractivity contribution in [2.45, 2.75) is 0 Å². The molecule has 4 heterocycles. The number of hydrogen-bond acceptors (Lipinski definition) is 5. The molecule has 0 radical (unpaired) electrons. The van der Waals surface area contributed by atoms with Crippen molar-refractivity contribution in [3.8, 4) is 39.9 Å². The fourth-order valence-corrected chi connectivity index (χ4v) is 8.75. The molecule has 7 aromatic carbocycles. The van der Waals surface area contributed by atoms with E-state index in [9.17, 15) is 0 Å². The first kappa shape index (κ1) is 28.2. The Morgan fingerprint density at radius 1 is 0.471 bits per heavy atom. The van der Waals surface area contributed by atoms with Gasteiger partial charge >= 0.3 is 0 Å². The van der Waals surface area contributed by atoms with Crippen molar-refractivity contribution in [3.63, 3.8) is 0 Å². The average molecular weight is 671 g/mol. The number of benzene rings is 7. The van der Waals surface area contributed by atoms with Crippen LogP contribution in [0, 0.1) is 0 Å². The fraction of sp³-hybridized carbons (Fsp3) is 0. The topological polar surface area (TPSA) is 56.7 Å². The summed E-state index contributed by atoms with van der Waals surface area (Å²) in [5, 5.41) is 6.86. The Balaban J connectivity index is 1.29. The first-order valence-corrected chi connectivity index (χ1v) is 17.8. The number of rotatable bonds is 4. The molecule has 51 heavy (non-hydrogen) atoms. The fourth-order valence-electron chi connectivity index (χ4n) is 7.56. The van der Waals surface area contributed by atoms with Gasteiger partial charge in [0.25, 0.3) is 0 Å². The summed E-state index contributed by atoms with van der Waals surface area (Å²) in [6.07, 6.45) is 0. The summed E-state index contributed by atoms with van der Waals surface area (Å²) in [6, 6.07) is 54.8. The van der Waals surface area contributed by atoms with Gasteiger partial charge in [-0.25, -0.2) is 15.0 Å². The SMILES string of the molecule is c1ccc(-c2nc(-c3ccccc3)nc(-c3cc(-n4c5ccccc5c5ccccc54)cc4c3sc3ccc5c6ccccc6oc5c34)n2)cc1. The number of para-hydroxylation sites is 3. The monoisotopic (exact) mass is 670 g/mol. The molecule has 11 aromatic rings. The van der Waals surface area contributed by atoms with E-state index < -0.39 is 0 Å². The normalized spacial score (nSPS) is 11.9. The number of aromatic nitrogens is 4. The van der Waals surface area contributed by atoms with Gasteiger partial charge in [-0.3, -0.25) is 0 Å². The zero-order valence-electron chi connectivity index (χ0n) is 27.1. The lowest BCUT2D eigenvalue weighted by Gasteiger charge is -2.13. The highest BCUT2D eigenvalue weighted by atomic mass is 32.1. The Kier molecular flexibility index (Phi) is 6.05. The molecule has 0 N–H and O–H groups in total. The second kappa shape index (κ2) is 10.9. The summed E-state index contributed by atoms with van der Waals surface area (Å²) in [5.74, 6) is 1.90. The maximum absolute atomic E-state index is 6.66. The Bertz CT molecular complexity index is 3030. The van der Waals surface area contributed by atoms with Gasteiger partial charge in [-0.15, -0.1) is 11.3 Å². The summed E-state index contributed by atoms with van der Waals surface area (Å²) in [5.41, 5.74) is 7.93. The molecular formula is C45H26N4OS. The number of furan rings is 1. The molecule has 0 unspecified atom stereocenters. The van der Waals surface area contributed by atoms with E-state index in [1.54, 1.807) is 11.3 Å². The molecule has 0 amide bonds. The summed E-state index contributed by atoms with van der Waals surface area (Å²) in [7, 11) is 0. The van der Waals surface area contributed by atoms with Crippen LogP contribution in [0.25, 0.3) is 104 Å². The maximum Gasteiger partial charge on any atom is 0.165 e. The third-order valence-electron chi connectivity index (χ3n) is 9.84. The van der Waals surface area contributed by atoms with Crippen LogP contribution in [0.2, 0.25) is 0 Å². The lowest BCUT2D eigenvalue weighted by Crippen LogP contribution is -2.01. The second-order valence-corrected chi connectivity index (χ2v) is 13.8. The van der Waals surface area contributed by atoms with Crippen molar-refractivity contribution in [1.29, 1.82) is 0 Å². The Hall–Kier alpha value is -6.63. The quantitative estimate of drug-likeness (QED) is 0.187. The number of nitrogens with zero attached hydrogens (tertiary/aromatic N) is 4. The van der Waals surface area contributed by atoms with E-state index in [1.807, 2.05) is 48.5 Å². The van der Waals surface area contributed by atoms with Gasteiger partial charge in [0, 0.05) is 64.1 Å². The van der Waals surface area contributed by atoms with Crippen LogP contribution < -0.4 is 0 Å². The largest absolute Gasteiger partial charge is 0.455 e. The smallest absolute Gasteiger partial charge is 0.165 e. The van der Waals surface area contributed by atoms with Crippen LogP contribution in [0.4, 0.5) is 0 Å². The average Bonchev–Trinajstić information content (AvgIpc) is 3.87. The Labute approximate surface area is 295 Å². The van der Waals surface area contributed by atoms with Gasteiger partial charge in [-0.2, -0.15) is 0 Å². The molecule has 0 bridgehead atoms. The second-order valence-electron chi connectivity index (χ2n) is 12.8. The molecule has 6 heteroatoms. The highest BCUT2D eigenvalue weighted by molar-refractivity contribution is 7.26. The van der Waals surface area contributed by atoms with Crippen molar-refractivity contribution < 1.29 is 4.42 Å². The molecule has 0 aliphatic heterocycles. The van der Waals surface area contributed by atoms with Gasteiger partial charge in [0.15, 0.2) is 17.5 Å². The third-order valence-corrected chi connectivity index (χ3v) is 11.0. The Morgan fingerprint density at radius 3 is 1.71 bits per heavy atom. The molecule has 4 aromatic heterocycles. The third kappa shape index (κ3) is 4.30. The van der Waals surface area contributed by atoms with Gasteiger partial charge in [-0.05, 0) is 42.5 Å². The molecule has 0 aliphatic rings. The van der Waals surface area contributed by atoms with Crippen LogP contribution in [0.5, 0.6) is 0 Å². The van der Waals surface area contributed by atoms with Gasteiger partial charge in [0.1, 0.15) is 11.2 Å². The van der Waals surface area contributed by atoms with Gasteiger partial charge < -0.3 is 8.98 Å². The van der Waals surface area contributed by atoms with Gasteiger partial charge in [0.05, 0.1) is 11.0 Å². The zero-order chi connectivity index (χ0) is 33.5. The van der Waals surface area contributed by atoms with Crippen LogP contribution in [0.15, 0.2) is 162 Å². The van der Waals surface area contributed by atoms with Crippen molar-refractivity contribution in [2.24, 2.45) is 0 Å². The van der Waals surface area contributed by atoms with E-state index in [1.165, 1.54) is 10.8 Å². The van der Waals surface area contributed by atoms with Crippen LogP contribution in [0.3, 0.4) is 0 Å². The maximum atomic E-state index is 6.66. The van der Waals surface area contributed by atoms with Crippen LogP contribution >= 0.6 is 11.3 Å². The minimum absolute atomic E-state index is 0.628. The van der Waals surface area contributed by atoms with Crippen molar-refractivity contribution in [2.75, 3.05) is 0 Å². The van der Waals surface area contributed by atoms with Crippen LogP contribution in [-0.4, -0.2) is 19.5 Å². The highest BCUT2D eigenvalue weighted by Gasteiger charge is 2.22. The molecule has 238 valence electrons. The van der Waals surface area contributed by atoms with Gasteiger partial charge in [0.2, 0.25) is 0 Å². The minimum atomic E-state index is 0.628. The van der Waals surface area contributed by atoms with E-state index in [0.29, 0.717) is 17.5 Å². The molecular weight excluding hydrogens is 645 g/mol. The molecule has 0 fully saturated rings. The number of thiophene rings is 1. The van der Waals surface area contributed by atoms with Gasteiger partial charge in [-0.1, -0.05) is 115 Å².